The van der Waals surface area contributed by atoms with Crippen molar-refractivity contribution in [2.45, 2.75) is 49.9 Å². The number of urea groups is 1. The minimum absolute atomic E-state index is 0.145. The highest BCUT2D eigenvalue weighted by atomic mass is 19.4. The molecule has 0 unspecified atom stereocenters. The molecule has 0 aliphatic carbocycles. The molecule has 15 heteroatoms. The summed E-state index contributed by atoms with van der Waals surface area (Å²) in [5.41, 5.74) is -6.62. The van der Waals surface area contributed by atoms with Crippen molar-refractivity contribution in [2.75, 3.05) is 25.0 Å². The monoisotopic (exact) mass is 615 g/mol. The van der Waals surface area contributed by atoms with Gasteiger partial charge in [0.15, 0.2) is 0 Å². The lowest BCUT2D eigenvalue weighted by atomic mass is 9.89. The first-order valence-corrected chi connectivity index (χ1v) is 12.6. The molecule has 1 saturated heterocycles. The first kappa shape index (κ1) is 33.2. The third-order valence-corrected chi connectivity index (χ3v) is 6.97. The highest BCUT2D eigenvalue weighted by molar-refractivity contribution is 5.89. The number of likely N-dealkylation sites (tertiary alicyclic amines) is 1. The standard InChI is InChI=1S/C27H27F10N3O2/c1-16(25(29,30)31)14-38-23(41)39-22-7-4-19(13-21(22)28)12-17-8-10-40(11-9-17)15-18-2-5-20(6-3-18)24(42,26(32,33)34)27(35,36)37/h2-7,13,17,42H,1,8-12,14-15H2,(H2,38,39,41). The fraction of sp³-hybridized carbons (Fsp3) is 0.444. The van der Waals surface area contributed by atoms with Crippen LogP contribution in [0, 0.1) is 11.7 Å². The number of amides is 2. The van der Waals surface area contributed by atoms with Crippen LogP contribution in [0.2, 0.25) is 0 Å². The maximum Gasteiger partial charge on any atom is 0.430 e. The summed E-state index contributed by atoms with van der Waals surface area (Å²) >= 11 is 0. The highest BCUT2D eigenvalue weighted by Crippen LogP contribution is 2.50. The van der Waals surface area contributed by atoms with Gasteiger partial charge in [-0.15, -0.1) is 0 Å². The van der Waals surface area contributed by atoms with Crippen LogP contribution in [-0.2, 0) is 18.6 Å². The molecular weight excluding hydrogens is 588 g/mol. The second-order valence-corrected chi connectivity index (χ2v) is 10.0. The highest BCUT2D eigenvalue weighted by Gasteiger charge is 2.71. The smallest absolute Gasteiger partial charge is 0.369 e. The molecule has 2 aromatic rings. The molecule has 3 rings (SSSR count). The lowest BCUT2D eigenvalue weighted by Crippen LogP contribution is -2.53. The Labute approximate surface area is 234 Å². The van der Waals surface area contributed by atoms with Crippen LogP contribution in [0.5, 0.6) is 0 Å². The van der Waals surface area contributed by atoms with E-state index >= 15 is 0 Å². The van der Waals surface area contributed by atoms with Crippen LogP contribution in [0.4, 0.5) is 54.4 Å². The molecule has 42 heavy (non-hydrogen) atoms. The summed E-state index contributed by atoms with van der Waals surface area (Å²) in [6.45, 7) is 3.34. The predicted molar refractivity (Wildman–Crippen MR) is 133 cm³/mol. The average molecular weight is 616 g/mol. The van der Waals surface area contributed by atoms with Gasteiger partial charge in [-0.25, -0.2) is 9.18 Å². The van der Waals surface area contributed by atoms with Gasteiger partial charge < -0.3 is 15.7 Å². The molecule has 2 aromatic carbocycles. The quantitative estimate of drug-likeness (QED) is 0.225. The van der Waals surface area contributed by atoms with Gasteiger partial charge in [0.1, 0.15) is 5.82 Å². The Morgan fingerprint density at radius 2 is 1.45 bits per heavy atom. The summed E-state index contributed by atoms with van der Waals surface area (Å²) < 4.78 is 130. The van der Waals surface area contributed by atoms with Gasteiger partial charge in [0.25, 0.3) is 5.60 Å². The Morgan fingerprint density at radius 1 is 0.905 bits per heavy atom. The number of hydrogen-bond acceptors (Lipinski definition) is 3. The van der Waals surface area contributed by atoms with Crippen LogP contribution in [0.15, 0.2) is 54.6 Å². The molecule has 0 saturated carbocycles. The maximum absolute atomic E-state index is 14.5. The summed E-state index contributed by atoms with van der Waals surface area (Å²) in [5.74, 6) is -0.631. The third kappa shape index (κ3) is 7.94. The number of carbonyl (C=O) groups excluding carboxylic acids is 1. The van der Waals surface area contributed by atoms with E-state index in [-0.39, 0.29) is 18.2 Å². The first-order chi connectivity index (χ1) is 19.3. The van der Waals surface area contributed by atoms with Gasteiger partial charge in [0.05, 0.1) is 5.69 Å². The predicted octanol–water partition coefficient (Wildman–Crippen LogP) is 6.83. The van der Waals surface area contributed by atoms with E-state index in [9.17, 15) is 53.8 Å². The zero-order valence-electron chi connectivity index (χ0n) is 21.9. The largest absolute Gasteiger partial charge is 0.430 e. The minimum Gasteiger partial charge on any atom is -0.369 e. The molecule has 1 fully saturated rings. The molecule has 0 bridgehead atoms. The van der Waals surface area contributed by atoms with E-state index in [1.807, 2.05) is 10.2 Å². The molecule has 0 aromatic heterocycles. The van der Waals surface area contributed by atoms with Crippen LogP contribution >= 0.6 is 0 Å². The molecule has 0 spiro atoms. The van der Waals surface area contributed by atoms with Gasteiger partial charge in [0, 0.05) is 24.2 Å². The number of piperidine rings is 1. The Kier molecular flexibility index (Phi) is 9.87. The van der Waals surface area contributed by atoms with Crippen molar-refractivity contribution < 1.29 is 53.8 Å². The molecule has 1 aliphatic heterocycles. The van der Waals surface area contributed by atoms with Crippen molar-refractivity contribution >= 4 is 11.7 Å². The molecule has 3 N–H and O–H groups in total. The van der Waals surface area contributed by atoms with Gasteiger partial charge >= 0.3 is 24.6 Å². The molecule has 2 amide bonds. The third-order valence-electron chi connectivity index (χ3n) is 6.97. The number of carbonyl (C=O) groups is 1. The number of halogens is 10. The summed E-state index contributed by atoms with van der Waals surface area (Å²) in [5, 5.41) is 13.6. The molecular formula is C27H27F10N3O2. The average Bonchev–Trinajstić information content (AvgIpc) is 2.88. The Morgan fingerprint density at radius 3 is 1.95 bits per heavy atom. The number of aliphatic hydroxyl groups is 1. The fourth-order valence-corrected chi connectivity index (χ4v) is 4.52. The number of nitrogens with one attached hydrogen (secondary N) is 2. The normalized spacial score (nSPS) is 15.9. The molecule has 0 atom stereocenters. The fourth-order valence-electron chi connectivity index (χ4n) is 4.52. The Bertz CT molecular complexity index is 1230. The van der Waals surface area contributed by atoms with Crippen LogP contribution < -0.4 is 10.6 Å². The van der Waals surface area contributed by atoms with Crippen LogP contribution in [-0.4, -0.2) is 54.2 Å². The lowest BCUT2D eigenvalue weighted by Gasteiger charge is -2.33. The molecule has 232 valence electrons. The summed E-state index contributed by atoms with van der Waals surface area (Å²) in [6, 6.07) is 6.47. The first-order valence-electron chi connectivity index (χ1n) is 12.6. The number of hydrogen-bond donors (Lipinski definition) is 3. The Hall–Kier alpha value is -3.33. The van der Waals surface area contributed by atoms with E-state index < -0.39 is 53.7 Å². The summed E-state index contributed by atoms with van der Waals surface area (Å²) in [6.07, 6.45) is -14.8. The van der Waals surface area contributed by atoms with Crippen LogP contribution in [0.3, 0.4) is 0 Å². The van der Waals surface area contributed by atoms with Crippen LogP contribution in [0.1, 0.15) is 29.5 Å². The van der Waals surface area contributed by atoms with E-state index in [2.05, 4.69) is 11.9 Å². The molecule has 1 heterocycles. The van der Waals surface area contributed by atoms with E-state index in [1.54, 1.807) is 6.07 Å². The lowest BCUT2D eigenvalue weighted by molar-refractivity contribution is -0.376. The van der Waals surface area contributed by atoms with Crippen molar-refractivity contribution in [1.29, 1.82) is 0 Å². The van der Waals surface area contributed by atoms with Crippen molar-refractivity contribution in [1.82, 2.24) is 10.2 Å². The topological polar surface area (TPSA) is 64.6 Å². The summed E-state index contributed by atoms with van der Waals surface area (Å²) in [4.78, 5) is 13.8. The van der Waals surface area contributed by atoms with Gasteiger partial charge in [-0.1, -0.05) is 36.9 Å². The van der Waals surface area contributed by atoms with Gasteiger partial charge in [-0.3, -0.25) is 4.90 Å². The number of alkyl halides is 9. The van der Waals surface area contributed by atoms with Gasteiger partial charge in [-0.2, -0.15) is 39.5 Å². The molecule has 5 nitrogen and oxygen atoms in total. The SMILES string of the molecule is C=C(CNC(=O)Nc1ccc(CC2CCN(Cc3ccc(C(O)(C(F)(F)F)C(F)(F)F)cc3)CC2)cc1F)C(F)(F)F. The van der Waals surface area contributed by atoms with Crippen molar-refractivity contribution in [3.8, 4) is 0 Å². The zero-order chi connectivity index (χ0) is 31.5. The molecule has 1 aliphatic rings. The molecule has 0 radical (unpaired) electrons. The summed E-state index contributed by atoms with van der Waals surface area (Å²) in [7, 11) is 0. The van der Waals surface area contributed by atoms with Crippen LogP contribution in [0.25, 0.3) is 0 Å². The Balaban J connectivity index is 1.50. The number of rotatable bonds is 8. The van der Waals surface area contributed by atoms with Crippen molar-refractivity contribution in [3.05, 3.63) is 77.1 Å². The van der Waals surface area contributed by atoms with E-state index in [4.69, 9.17) is 0 Å². The second-order valence-electron chi connectivity index (χ2n) is 10.0. The number of benzene rings is 2. The number of nitrogens with zero attached hydrogens (tertiary/aromatic N) is 1. The number of anilines is 1. The minimum atomic E-state index is -5.96. The zero-order valence-corrected chi connectivity index (χ0v) is 21.9. The van der Waals surface area contributed by atoms with E-state index in [1.165, 1.54) is 12.1 Å². The van der Waals surface area contributed by atoms with Gasteiger partial charge in [0.2, 0.25) is 0 Å². The van der Waals surface area contributed by atoms with E-state index in [0.29, 0.717) is 55.6 Å². The van der Waals surface area contributed by atoms with Crippen molar-refractivity contribution in [3.63, 3.8) is 0 Å². The van der Waals surface area contributed by atoms with E-state index in [0.717, 1.165) is 12.1 Å². The van der Waals surface area contributed by atoms with Crippen molar-refractivity contribution in [2.24, 2.45) is 5.92 Å². The van der Waals surface area contributed by atoms with Gasteiger partial charge in [-0.05, 0) is 61.5 Å². The second kappa shape index (κ2) is 12.5. The maximum atomic E-state index is 14.5.